The van der Waals surface area contributed by atoms with Crippen molar-refractivity contribution in [3.05, 3.63) is 82.9 Å². The summed E-state index contributed by atoms with van der Waals surface area (Å²) in [6, 6.07) is 17.1. The minimum Gasteiger partial charge on any atom is -0.495 e. The molecule has 3 aromatic rings. The number of nitrogens with zero attached hydrogens (tertiary/aromatic N) is 1. The van der Waals surface area contributed by atoms with Crippen molar-refractivity contribution in [2.45, 2.75) is 43.0 Å². The SMILES string of the molecule is CCc1ccc(OC)c(S(=O)(=O)Nc2ccc3c(c2)CN(S(=O)(=O)c2ccc(C)cc2)CC3)c1. The first-order chi connectivity index (χ1) is 16.1. The van der Waals surface area contributed by atoms with Crippen LogP contribution in [0.15, 0.2) is 70.5 Å². The molecule has 0 fully saturated rings. The minimum absolute atomic E-state index is 0.0654. The zero-order chi connectivity index (χ0) is 24.5. The van der Waals surface area contributed by atoms with E-state index in [-0.39, 0.29) is 22.1 Å². The molecule has 1 heterocycles. The molecule has 0 spiro atoms. The Morgan fingerprint density at radius 1 is 0.941 bits per heavy atom. The van der Waals surface area contributed by atoms with Crippen LogP contribution in [0.3, 0.4) is 0 Å². The highest BCUT2D eigenvalue weighted by atomic mass is 32.2. The van der Waals surface area contributed by atoms with Gasteiger partial charge < -0.3 is 4.74 Å². The molecule has 0 amide bonds. The Labute approximate surface area is 201 Å². The molecule has 7 nitrogen and oxygen atoms in total. The van der Waals surface area contributed by atoms with Crippen molar-refractivity contribution in [2.24, 2.45) is 0 Å². The molecule has 0 saturated heterocycles. The average Bonchev–Trinajstić information content (AvgIpc) is 2.83. The van der Waals surface area contributed by atoms with Crippen molar-refractivity contribution < 1.29 is 21.6 Å². The normalized spacial score (nSPS) is 14.4. The third-order valence-corrected chi connectivity index (χ3v) is 9.28. The van der Waals surface area contributed by atoms with E-state index in [4.69, 9.17) is 4.74 Å². The summed E-state index contributed by atoms with van der Waals surface area (Å²) in [4.78, 5) is 0.317. The standard InChI is InChI=1S/C25H28N2O5S2/c1-4-19-7-12-24(32-3)25(15-19)33(28,29)26-22-9-8-20-13-14-27(17-21(20)16-22)34(30,31)23-10-5-18(2)6-11-23/h5-12,15-16,26H,4,13-14,17H2,1-3H3. The summed E-state index contributed by atoms with van der Waals surface area (Å²) in [5.74, 6) is 0.262. The van der Waals surface area contributed by atoms with Crippen LogP contribution >= 0.6 is 0 Å². The minimum atomic E-state index is -3.91. The van der Waals surface area contributed by atoms with Crippen molar-refractivity contribution in [3.8, 4) is 5.75 Å². The predicted octanol–water partition coefficient (Wildman–Crippen LogP) is 4.11. The molecule has 0 aromatic heterocycles. The summed E-state index contributed by atoms with van der Waals surface area (Å²) in [6.07, 6.45) is 1.25. The van der Waals surface area contributed by atoms with Crippen LogP contribution in [0.1, 0.15) is 29.2 Å². The summed E-state index contributed by atoms with van der Waals surface area (Å²) < 4.78 is 61.9. The van der Waals surface area contributed by atoms with Gasteiger partial charge in [-0.2, -0.15) is 4.31 Å². The molecule has 1 aliphatic heterocycles. The number of benzene rings is 3. The molecule has 3 aromatic carbocycles. The molecular formula is C25H28N2O5S2. The summed E-state index contributed by atoms with van der Waals surface area (Å²) in [7, 11) is -6.13. The number of fused-ring (bicyclic) bond motifs is 1. The van der Waals surface area contributed by atoms with Crippen LogP contribution in [0, 0.1) is 6.92 Å². The highest BCUT2D eigenvalue weighted by molar-refractivity contribution is 7.92. The van der Waals surface area contributed by atoms with Crippen LogP contribution in [0.4, 0.5) is 5.69 Å². The van der Waals surface area contributed by atoms with Gasteiger partial charge in [0.1, 0.15) is 10.6 Å². The third kappa shape index (κ3) is 4.82. The lowest BCUT2D eigenvalue weighted by Crippen LogP contribution is -2.36. The molecular weight excluding hydrogens is 472 g/mol. The van der Waals surface area contributed by atoms with Crippen LogP contribution in [0.25, 0.3) is 0 Å². The number of methoxy groups -OCH3 is 1. The Morgan fingerprint density at radius 2 is 1.68 bits per heavy atom. The highest BCUT2D eigenvalue weighted by Crippen LogP contribution is 2.30. The Balaban J connectivity index is 1.61. The molecule has 0 aliphatic carbocycles. The first-order valence-electron chi connectivity index (χ1n) is 11.0. The predicted molar refractivity (Wildman–Crippen MR) is 132 cm³/mol. The number of aryl methyl sites for hydroxylation is 2. The van der Waals surface area contributed by atoms with Gasteiger partial charge >= 0.3 is 0 Å². The third-order valence-electron chi connectivity index (χ3n) is 6.02. The quantitative estimate of drug-likeness (QED) is 0.527. The second kappa shape index (κ2) is 9.40. The summed E-state index contributed by atoms with van der Waals surface area (Å²) in [5, 5.41) is 0. The average molecular weight is 501 g/mol. The number of hydrogen-bond acceptors (Lipinski definition) is 5. The van der Waals surface area contributed by atoms with Gasteiger partial charge in [-0.05, 0) is 72.9 Å². The summed E-state index contributed by atoms with van der Waals surface area (Å²) in [5.41, 5.74) is 4.02. The molecule has 9 heteroatoms. The van der Waals surface area contributed by atoms with E-state index in [2.05, 4.69) is 4.72 Å². The summed E-state index contributed by atoms with van der Waals surface area (Å²) >= 11 is 0. The summed E-state index contributed by atoms with van der Waals surface area (Å²) in [6.45, 7) is 4.40. The lowest BCUT2D eigenvalue weighted by Gasteiger charge is -2.28. The van der Waals surface area contributed by atoms with Gasteiger partial charge in [0.2, 0.25) is 10.0 Å². The van der Waals surface area contributed by atoms with E-state index in [0.29, 0.717) is 25.1 Å². The van der Waals surface area contributed by atoms with E-state index < -0.39 is 20.0 Å². The molecule has 180 valence electrons. The molecule has 34 heavy (non-hydrogen) atoms. The number of nitrogens with one attached hydrogen (secondary N) is 1. The molecule has 1 aliphatic rings. The number of hydrogen-bond donors (Lipinski definition) is 1. The maximum Gasteiger partial charge on any atom is 0.265 e. The molecule has 0 atom stereocenters. The van der Waals surface area contributed by atoms with Crippen molar-refractivity contribution in [1.82, 2.24) is 4.31 Å². The fourth-order valence-electron chi connectivity index (χ4n) is 4.02. The maximum atomic E-state index is 13.2. The Morgan fingerprint density at radius 3 is 2.35 bits per heavy atom. The van der Waals surface area contributed by atoms with Crippen LogP contribution in [-0.4, -0.2) is 34.8 Å². The van der Waals surface area contributed by atoms with Gasteiger partial charge in [-0.1, -0.05) is 36.8 Å². The van der Waals surface area contributed by atoms with Crippen LogP contribution < -0.4 is 9.46 Å². The number of rotatable bonds is 7. The van der Waals surface area contributed by atoms with Crippen LogP contribution in [0.2, 0.25) is 0 Å². The van der Waals surface area contributed by atoms with Gasteiger partial charge in [0.15, 0.2) is 0 Å². The van der Waals surface area contributed by atoms with E-state index in [0.717, 1.165) is 22.3 Å². The molecule has 1 N–H and O–H groups in total. The zero-order valence-corrected chi connectivity index (χ0v) is 21.0. The first-order valence-corrected chi connectivity index (χ1v) is 13.9. The molecule has 4 rings (SSSR count). The van der Waals surface area contributed by atoms with Gasteiger partial charge in [0, 0.05) is 18.8 Å². The fraction of sp³-hybridized carbons (Fsp3) is 0.280. The topological polar surface area (TPSA) is 92.8 Å². The number of ether oxygens (including phenoxy) is 1. The molecule has 0 unspecified atom stereocenters. The van der Waals surface area contributed by atoms with Crippen LogP contribution in [-0.2, 0) is 39.4 Å². The fourth-order valence-corrected chi connectivity index (χ4v) is 6.71. The number of sulfonamides is 2. The lowest BCUT2D eigenvalue weighted by atomic mass is 10.0. The lowest BCUT2D eigenvalue weighted by molar-refractivity contribution is 0.391. The van der Waals surface area contributed by atoms with E-state index in [1.165, 1.54) is 11.4 Å². The smallest absolute Gasteiger partial charge is 0.265 e. The second-order valence-electron chi connectivity index (χ2n) is 8.33. The van der Waals surface area contributed by atoms with Crippen LogP contribution in [0.5, 0.6) is 5.75 Å². The van der Waals surface area contributed by atoms with E-state index >= 15 is 0 Å². The Kier molecular flexibility index (Phi) is 6.71. The van der Waals surface area contributed by atoms with Crippen molar-refractivity contribution in [2.75, 3.05) is 18.4 Å². The van der Waals surface area contributed by atoms with E-state index in [1.807, 2.05) is 26.0 Å². The Hall–Kier alpha value is -2.88. The van der Waals surface area contributed by atoms with Gasteiger partial charge in [0.25, 0.3) is 10.0 Å². The second-order valence-corrected chi connectivity index (χ2v) is 11.9. The maximum absolute atomic E-state index is 13.2. The van der Waals surface area contributed by atoms with Gasteiger partial charge in [0.05, 0.1) is 12.0 Å². The Bertz CT molecular complexity index is 1420. The zero-order valence-electron chi connectivity index (χ0n) is 19.4. The van der Waals surface area contributed by atoms with E-state index in [1.54, 1.807) is 48.5 Å². The van der Waals surface area contributed by atoms with Crippen molar-refractivity contribution in [3.63, 3.8) is 0 Å². The van der Waals surface area contributed by atoms with Gasteiger partial charge in [-0.25, -0.2) is 16.8 Å². The van der Waals surface area contributed by atoms with Crippen molar-refractivity contribution >= 4 is 25.7 Å². The monoisotopic (exact) mass is 500 g/mol. The molecule has 0 bridgehead atoms. The van der Waals surface area contributed by atoms with Gasteiger partial charge in [-0.3, -0.25) is 4.72 Å². The number of anilines is 1. The first kappa shape index (κ1) is 24.3. The molecule has 0 saturated carbocycles. The van der Waals surface area contributed by atoms with Crippen molar-refractivity contribution in [1.29, 1.82) is 0 Å². The highest BCUT2D eigenvalue weighted by Gasteiger charge is 2.29. The largest absolute Gasteiger partial charge is 0.495 e. The van der Waals surface area contributed by atoms with E-state index in [9.17, 15) is 16.8 Å². The van der Waals surface area contributed by atoms with Gasteiger partial charge in [-0.15, -0.1) is 0 Å². The molecule has 0 radical (unpaired) electrons.